The summed E-state index contributed by atoms with van der Waals surface area (Å²) in [4.78, 5) is 32.6. The first kappa shape index (κ1) is 21.0. The van der Waals surface area contributed by atoms with Gasteiger partial charge in [0.2, 0.25) is 6.41 Å². The number of carbonyl (C=O) groups excluding carboxylic acids is 2. The van der Waals surface area contributed by atoms with E-state index in [4.69, 9.17) is 18.9 Å². The Morgan fingerprint density at radius 2 is 2.21 bits per heavy atom. The Bertz CT molecular complexity index is 411. The molecule has 1 rings (SSSR count). The number of imide groups is 1. The molecule has 2 amide bonds. The standard InChI is InChI=1S/C14H25N2O7P/c1-16(7-6-13(19)15-11-18)14-5-4-12(23-14)10-22-24(20)21-9-3-2-8-17/h6-7,11-12,14,17,20H,2-5,8-10H2,1H3,(H,15,18,19)/b7-6-. The molecule has 0 radical (unpaired) electrons. The minimum Gasteiger partial charge on any atom is -0.396 e. The SMILES string of the molecule is CN(/C=C\C(=O)NC=O)C1CCC(COP(O)OCCCCO)O1. The molecule has 24 heavy (non-hydrogen) atoms. The molecule has 0 aromatic carbocycles. The lowest BCUT2D eigenvalue weighted by Gasteiger charge is -2.23. The Hall–Kier alpha value is -1.09. The fraction of sp³-hybridized carbons (Fsp3) is 0.714. The van der Waals surface area contributed by atoms with Crippen LogP contribution in [0, 0.1) is 0 Å². The van der Waals surface area contributed by atoms with Crippen molar-refractivity contribution in [3.05, 3.63) is 12.3 Å². The Balaban J connectivity index is 2.20. The molecule has 0 bridgehead atoms. The average Bonchev–Trinajstić information content (AvgIpc) is 3.04. The van der Waals surface area contributed by atoms with Crippen LogP contribution in [0.5, 0.6) is 0 Å². The predicted molar refractivity (Wildman–Crippen MR) is 86.4 cm³/mol. The van der Waals surface area contributed by atoms with Gasteiger partial charge in [-0.15, -0.1) is 0 Å². The summed E-state index contributed by atoms with van der Waals surface area (Å²) < 4.78 is 16.1. The van der Waals surface area contributed by atoms with Gasteiger partial charge in [-0.3, -0.25) is 14.9 Å². The second kappa shape index (κ2) is 12.3. The van der Waals surface area contributed by atoms with Crippen LogP contribution in [0.15, 0.2) is 12.3 Å². The van der Waals surface area contributed by atoms with E-state index in [2.05, 4.69) is 0 Å². The van der Waals surface area contributed by atoms with E-state index in [-0.39, 0.29) is 25.5 Å². The number of aliphatic hydroxyl groups excluding tert-OH is 1. The maximum atomic E-state index is 11.2. The quantitative estimate of drug-likeness (QED) is 0.195. The number of ether oxygens (including phenoxy) is 1. The van der Waals surface area contributed by atoms with E-state index in [0.29, 0.717) is 25.9 Å². The van der Waals surface area contributed by atoms with E-state index >= 15 is 0 Å². The van der Waals surface area contributed by atoms with Crippen molar-refractivity contribution in [1.82, 2.24) is 10.2 Å². The molecule has 1 aliphatic rings. The van der Waals surface area contributed by atoms with Crippen LogP contribution < -0.4 is 5.32 Å². The summed E-state index contributed by atoms with van der Waals surface area (Å²) in [7, 11) is -0.172. The molecule has 1 saturated heterocycles. The third kappa shape index (κ3) is 8.68. The second-order valence-electron chi connectivity index (χ2n) is 5.20. The van der Waals surface area contributed by atoms with Crippen molar-refractivity contribution < 1.29 is 33.4 Å². The maximum absolute atomic E-state index is 11.2. The van der Waals surface area contributed by atoms with Gasteiger partial charge in [-0.2, -0.15) is 0 Å². The topological polar surface area (TPSA) is 118 Å². The van der Waals surface area contributed by atoms with E-state index in [0.717, 1.165) is 12.8 Å². The third-order valence-corrected chi connectivity index (χ3v) is 4.10. The highest BCUT2D eigenvalue weighted by Crippen LogP contribution is 2.34. The van der Waals surface area contributed by atoms with E-state index in [1.165, 1.54) is 12.3 Å². The van der Waals surface area contributed by atoms with E-state index in [9.17, 15) is 14.5 Å². The molecule has 0 aromatic heterocycles. The second-order valence-corrected chi connectivity index (χ2v) is 6.19. The van der Waals surface area contributed by atoms with Crippen LogP contribution in [-0.4, -0.2) is 66.4 Å². The van der Waals surface area contributed by atoms with E-state index in [1.807, 2.05) is 5.32 Å². The molecule has 10 heteroatoms. The first-order chi connectivity index (χ1) is 11.6. The molecule has 0 aromatic rings. The van der Waals surface area contributed by atoms with Crippen molar-refractivity contribution in [2.24, 2.45) is 0 Å². The molecule has 0 spiro atoms. The number of nitrogens with one attached hydrogen (secondary N) is 1. The molecule has 3 unspecified atom stereocenters. The van der Waals surface area contributed by atoms with Gasteiger partial charge in [0.25, 0.3) is 5.91 Å². The molecular weight excluding hydrogens is 339 g/mol. The molecule has 3 atom stereocenters. The number of nitrogens with zero attached hydrogens (tertiary/aromatic N) is 1. The maximum Gasteiger partial charge on any atom is 0.329 e. The molecule has 1 aliphatic heterocycles. The van der Waals surface area contributed by atoms with Gasteiger partial charge in [0.1, 0.15) is 6.23 Å². The Morgan fingerprint density at radius 1 is 1.42 bits per heavy atom. The summed E-state index contributed by atoms with van der Waals surface area (Å²) >= 11 is 0. The predicted octanol–water partition coefficient (Wildman–Crippen LogP) is 0.234. The lowest BCUT2D eigenvalue weighted by molar-refractivity contribution is -0.121. The molecule has 138 valence electrons. The van der Waals surface area contributed by atoms with Crippen LogP contribution in [0.25, 0.3) is 0 Å². The highest BCUT2D eigenvalue weighted by molar-refractivity contribution is 7.40. The highest BCUT2D eigenvalue weighted by Gasteiger charge is 2.28. The van der Waals surface area contributed by atoms with Crippen LogP contribution >= 0.6 is 8.60 Å². The summed E-state index contributed by atoms with van der Waals surface area (Å²) in [6, 6.07) is 0. The minimum atomic E-state index is -1.94. The number of aliphatic hydroxyl groups is 1. The van der Waals surface area contributed by atoms with Gasteiger partial charge >= 0.3 is 8.60 Å². The minimum absolute atomic E-state index is 0.101. The highest BCUT2D eigenvalue weighted by atomic mass is 31.2. The van der Waals surface area contributed by atoms with Crippen LogP contribution in [0.2, 0.25) is 0 Å². The van der Waals surface area contributed by atoms with Crippen molar-refractivity contribution >= 4 is 20.9 Å². The number of carbonyl (C=O) groups is 2. The molecule has 0 aliphatic carbocycles. The van der Waals surface area contributed by atoms with Gasteiger partial charge in [0.15, 0.2) is 0 Å². The zero-order chi connectivity index (χ0) is 17.8. The smallest absolute Gasteiger partial charge is 0.329 e. The van der Waals surface area contributed by atoms with Crippen molar-refractivity contribution in [2.75, 3.05) is 26.9 Å². The monoisotopic (exact) mass is 364 g/mol. The Labute approximate surface area is 142 Å². The molecule has 0 saturated carbocycles. The van der Waals surface area contributed by atoms with E-state index < -0.39 is 14.5 Å². The first-order valence-electron chi connectivity index (χ1n) is 7.72. The summed E-state index contributed by atoms with van der Waals surface area (Å²) in [6.45, 7) is 0.666. The van der Waals surface area contributed by atoms with Crippen molar-refractivity contribution in [3.8, 4) is 0 Å². The number of hydrogen-bond donors (Lipinski definition) is 3. The largest absolute Gasteiger partial charge is 0.396 e. The number of hydrogen-bond acceptors (Lipinski definition) is 8. The van der Waals surface area contributed by atoms with Gasteiger partial charge in [-0.05, 0) is 25.7 Å². The summed E-state index contributed by atoms with van der Waals surface area (Å²) in [5.41, 5.74) is 0. The number of rotatable bonds is 12. The van der Waals surface area contributed by atoms with Crippen molar-refractivity contribution in [3.63, 3.8) is 0 Å². The fourth-order valence-electron chi connectivity index (χ4n) is 2.04. The molecular formula is C14H25N2O7P. The van der Waals surface area contributed by atoms with Gasteiger partial charge in [-0.25, -0.2) is 0 Å². The summed E-state index contributed by atoms with van der Waals surface area (Å²) in [5.74, 6) is -0.501. The van der Waals surface area contributed by atoms with Gasteiger partial charge in [0, 0.05) is 25.9 Å². The molecule has 1 fully saturated rings. The summed E-state index contributed by atoms with van der Waals surface area (Å²) in [5, 5.41) is 10.6. The molecule has 1 heterocycles. The van der Waals surface area contributed by atoms with Crippen LogP contribution in [-0.2, 0) is 23.4 Å². The lowest BCUT2D eigenvalue weighted by atomic mass is 10.2. The average molecular weight is 364 g/mol. The first-order valence-corrected chi connectivity index (χ1v) is 8.85. The normalized spacial score (nSPS) is 21.8. The summed E-state index contributed by atoms with van der Waals surface area (Å²) in [6.07, 6.45) is 5.55. The Kier molecular flexibility index (Phi) is 10.7. The van der Waals surface area contributed by atoms with Gasteiger partial charge < -0.3 is 28.7 Å². The zero-order valence-electron chi connectivity index (χ0n) is 13.7. The van der Waals surface area contributed by atoms with Crippen LogP contribution in [0.3, 0.4) is 0 Å². The number of unbranched alkanes of at least 4 members (excludes halogenated alkanes) is 1. The fourth-order valence-corrected chi connectivity index (χ4v) is 2.69. The van der Waals surface area contributed by atoms with Crippen LogP contribution in [0.4, 0.5) is 0 Å². The Morgan fingerprint density at radius 3 is 2.92 bits per heavy atom. The molecule has 3 N–H and O–H groups in total. The van der Waals surface area contributed by atoms with Gasteiger partial charge in [-0.1, -0.05) is 0 Å². The van der Waals surface area contributed by atoms with Crippen molar-refractivity contribution in [1.29, 1.82) is 0 Å². The number of amides is 2. The lowest BCUT2D eigenvalue weighted by Crippen LogP contribution is -2.29. The third-order valence-electron chi connectivity index (χ3n) is 3.33. The van der Waals surface area contributed by atoms with E-state index in [1.54, 1.807) is 11.9 Å². The molecule has 9 nitrogen and oxygen atoms in total. The van der Waals surface area contributed by atoms with Crippen LogP contribution in [0.1, 0.15) is 25.7 Å². The van der Waals surface area contributed by atoms with Gasteiger partial charge in [0.05, 0.1) is 19.3 Å². The van der Waals surface area contributed by atoms with Crippen molar-refractivity contribution in [2.45, 2.75) is 38.0 Å². The zero-order valence-corrected chi connectivity index (χ0v) is 14.6.